The lowest BCUT2D eigenvalue weighted by molar-refractivity contribution is -0.154. The van der Waals surface area contributed by atoms with Crippen molar-refractivity contribution in [1.29, 1.82) is 0 Å². The maximum Gasteiger partial charge on any atom is 0.407 e. The van der Waals surface area contributed by atoms with Gasteiger partial charge in [0.2, 0.25) is 5.91 Å². The zero-order chi connectivity index (χ0) is 24.9. The molecule has 182 valence electrons. The number of carboxylic acid groups (broad SMARTS) is 1. The van der Waals surface area contributed by atoms with Gasteiger partial charge in [-0.05, 0) is 48.9 Å². The van der Waals surface area contributed by atoms with Gasteiger partial charge in [0.05, 0.1) is 5.41 Å². The molecule has 0 aromatic heterocycles. The van der Waals surface area contributed by atoms with E-state index in [9.17, 15) is 19.5 Å². The first-order chi connectivity index (χ1) is 16.3. The van der Waals surface area contributed by atoms with Crippen LogP contribution in [0.15, 0.2) is 48.5 Å². The fraction of sp³-hybridized carbons (Fsp3) is 0.444. The zero-order valence-corrected chi connectivity index (χ0v) is 20.3. The van der Waals surface area contributed by atoms with Crippen LogP contribution < -0.4 is 5.32 Å². The predicted octanol–water partition coefficient (Wildman–Crippen LogP) is 4.65. The van der Waals surface area contributed by atoms with Crippen molar-refractivity contribution in [3.63, 3.8) is 0 Å². The maximum atomic E-state index is 13.3. The summed E-state index contributed by atoms with van der Waals surface area (Å²) >= 11 is 0. The first-order valence-corrected chi connectivity index (χ1v) is 11.9. The van der Waals surface area contributed by atoms with Crippen molar-refractivity contribution >= 4 is 18.0 Å². The van der Waals surface area contributed by atoms with Crippen LogP contribution in [0.4, 0.5) is 4.79 Å². The number of aliphatic carboxylic acids is 1. The van der Waals surface area contributed by atoms with E-state index >= 15 is 0 Å². The van der Waals surface area contributed by atoms with Gasteiger partial charge in [-0.3, -0.25) is 4.79 Å². The molecule has 3 rings (SSSR count). The molecule has 1 aliphatic carbocycles. The summed E-state index contributed by atoms with van der Waals surface area (Å²) in [7, 11) is 0. The molecule has 0 spiro atoms. The summed E-state index contributed by atoms with van der Waals surface area (Å²) < 4.78 is 5.61. The number of carboxylic acids is 1. The molecule has 0 fully saturated rings. The Morgan fingerprint density at radius 2 is 1.53 bits per heavy atom. The summed E-state index contributed by atoms with van der Waals surface area (Å²) in [4.78, 5) is 38.8. The van der Waals surface area contributed by atoms with Crippen molar-refractivity contribution in [2.45, 2.75) is 52.5 Å². The lowest BCUT2D eigenvalue weighted by atomic mass is 9.80. The standard InChI is InChI=1S/C27H34N2O5/c1-5-27(6-2,25(32)29(7-3)18(4)24(30)31)17-28-26(33)34-16-23-21-14-10-8-12-19(21)20-13-9-11-15-22(20)23/h8-15,18,23H,5-7,16-17H2,1-4H3,(H,28,33)(H,30,31). The third-order valence-electron chi connectivity index (χ3n) is 7.15. The molecule has 34 heavy (non-hydrogen) atoms. The van der Waals surface area contributed by atoms with E-state index in [1.54, 1.807) is 6.92 Å². The number of hydrogen-bond donors (Lipinski definition) is 2. The quantitative estimate of drug-likeness (QED) is 0.531. The van der Waals surface area contributed by atoms with E-state index in [2.05, 4.69) is 29.6 Å². The van der Waals surface area contributed by atoms with Gasteiger partial charge in [-0.15, -0.1) is 0 Å². The minimum Gasteiger partial charge on any atom is -0.480 e. The molecule has 1 atom stereocenters. The molecule has 2 aromatic rings. The van der Waals surface area contributed by atoms with Crippen molar-refractivity contribution < 1.29 is 24.2 Å². The number of likely N-dealkylation sites (N-methyl/N-ethyl adjacent to an activating group) is 1. The Balaban J connectivity index is 1.67. The SMILES string of the molecule is CCN(C(=O)C(CC)(CC)CNC(=O)OCC1c2ccccc2-c2ccccc21)C(C)C(=O)O. The molecule has 0 heterocycles. The lowest BCUT2D eigenvalue weighted by Crippen LogP contribution is -2.53. The highest BCUT2D eigenvalue weighted by atomic mass is 16.5. The van der Waals surface area contributed by atoms with Crippen LogP contribution in [-0.2, 0) is 14.3 Å². The number of carbonyl (C=O) groups is 3. The van der Waals surface area contributed by atoms with Gasteiger partial charge in [0, 0.05) is 19.0 Å². The number of carbonyl (C=O) groups excluding carboxylic acids is 2. The van der Waals surface area contributed by atoms with Crippen LogP contribution in [-0.4, -0.2) is 53.7 Å². The van der Waals surface area contributed by atoms with E-state index in [0.717, 1.165) is 22.3 Å². The summed E-state index contributed by atoms with van der Waals surface area (Å²) in [5, 5.41) is 12.2. The van der Waals surface area contributed by atoms with Gasteiger partial charge in [-0.25, -0.2) is 9.59 Å². The fourth-order valence-electron chi connectivity index (χ4n) is 4.80. The summed E-state index contributed by atoms with van der Waals surface area (Å²) in [5.74, 6) is -1.37. The molecule has 0 saturated carbocycles. The van der Waals surface area contributed by atoms with Crippen molar-refractivity contribution in [1.82, 2.24) is 10.2 Å². The Morgan fingerprint density at radius 1 is 1.00 bits per heavy atom. The molecule has 0 bridgehead atoms. The van der Waals surface area contributed by atoms with Crippen molar-refractivity contribution in [2.75, 3.05) is 19.7 Å². The summed E-state index contributed by atoms with van der Waals surface area (Å²) in [6, 6.07) is 15.3. The molecule has 0 radical (unpaired) electrons. The van der Waals surface area contributed by atoms with Gasteiger partial charge in [-0.2, -0.15) is 0 Å². The molecule has 7 nitrogen and oxygen atoms in total. The number of hydrogen-bond acceptors (Lipinski definition) is 4. The Hall–Kier alpha value is -3.35. The minimum atomic E-state index is -1.05. The summed E-state index contributed by atoms with van der Waals surface area (Å²) in [6.45, 7) is 7.55. The molecule has 1 aliphatic rings. The molecular formula is C27H34N2O5. The van der Waals surface area contributed by atoms with Crippen LogP contribution in [0.3, 0.4) is 0 Å². The molecule has 2 amide bonds. The van der Waals surface area contributed by atoms with Gasteiger partial charge in [-0.1, -0.05) is 62.4 Å². The third kappa shape index (κ3) is 4.79. The Kier molecular flexibility index (Phi) is 7.97. The van der Waals surface area contributed by atoms with Gasteiger partial charge in [0.25, 0.3) is 0 Å². The number of alkyl carbamates (subject to hydrolysis) is 1. The number of benzene rings is 2. The zero-order valence-electron chi connectivity index (χ0n) is 20.3. The minimum absolute atomic E-state index is 0.0473. The van der Waals surface area contributed by atoms with E-state index in [0.29, 0.717) is 12.8 Å². The highest BCUT2D eigenvalue weighted by Gasteiger charge is 2.41. The molecular weight excluding hydrogens is 432 g/mol. The monoisotopic (exact) mass is 466 g/mol. The second-order valence-electron chi connectivity index (χ2n) is 8.77. The number of nitrogens with zero attached hydrogens (tertiary/aromatic N) is 1. The van der Waals surface area contributed by atoms with Crippen molar-refractivity contribution in [3.05, 3.63) is 59.7 Å². The van der Waals surface area contributed by atoms with Crippen molar-refractivity contribution in [2.24, 2.45) is 5.41 Å². The number of nitrogens with one attached hydrogen (secondary N) is 1. The van der Waals surface area contributed by atoms with Gasteiger partial charge < -0.3 is 20.1 Å². The first kappa shape index (κ1) is 25.3. The first-order valence-electron chi connectivity index (χ1n) is 11.9. The second kappa shape index (κ2) is 10.7. The Morgan fingerprint density at radius 3 is 2.00 bits per heavy atom. The summed E-state index contributed by atoms with van der Waals surface area (Å²) in [6.07, 6.45) is 0.346. The largest absolute Gasteiger partial charge is 0.480 e. The molecule has 2 N–H and O–H groups in total. The van der Waals surface area contributed by atoms with Crippen LogP contribution in [0.5, 0.6) is 0 Å². The average molecular weight is 467 g/mol. The van der Waals surface area contributed by atoms with E-state index in [4.69, 9.17) is 4.74 Å². The van der Waals surface area contributed by atoms with Gasteiger partial charge >= 0.3 is 12.1 Å². The number of fused-ring (bicyclic) bond motifs is 3. The normalized spacial score (nSPS) is 13.5. The van der Waals surface area contributed by atoms with E-state index in [1.807, 2.05) is 38.1 Å². The fourth-order valence-corrected chi connectivity index (χ4v) is 4.80. The molecule has 2 aromatic carbocycles. The van der Waals surface area contributed by atoms with Crippen LogP contribution in [0.2, 0.25) is 0 Å². The van der Waals surface area contributed by atoms with E-state index in [1.165, 1.54) is 11.8 Å². The van der Waals surface area contributed by atoms with E-state index in [-0.39, 0.29) is 31.5 Å². The molecule has 0 saturated heterocycles. The maximum absolute atomic E-state index is 13.3. The average Bonchev–Trinajstić information content (AvgIpc) is 3.17. The Bertz CT molecular complexity index is 1000. The molecule has 1 unspecified atom stereocenters. The highest BCUT2D eigenvalue weighted by molar-refractivity contribution is 5.88. The molecule has 7 heteroatoms. The highest BCUT2D eigenvalue weighted by Crippen LogP contribution is 2.44. The van der Waals surface area contributed by atoms with Crippen molar-refractivity contribution in [3.8, 4) is 11.1 Å². The van der Waals surface area contributed by atoms with Gasteiger partial charge in [0.1, 0.15) is 12.6 Å². The third-order valence-corrected chi connectivity index (χ3v) is 7.15. The Labute approximate surface area is 201 Å². The van der Waals surface area contributed by atoms with Crippen LogP contribution >= 0.6 is 0 Å². The smallest absolute Gasteiger partial charge is 0.407 e. The number of rotatable bonds is 10. The molecule has 0 aliphatic heterocycles. The predicted molar refractivity (Wildman–Crippen MR) is 131 cm³/mol. The number of ether oxygens (including phenoxy) is 1. The van der Waals surface area contributed by atoms with E-state index < -0.39 is 23.5 Å². The second-order valence-corrected chi connectivity index (χ2v) is 8.77. The van der Waals surface area contributed by atoms with Crippen LogP contribution in [0.25, 0.3) is 11.1 Å². The van der Waals surface area contributed by atoms with Crippen LogP contribution in [0.1, 0.15) is 57.6 Å². The number of amides is 2. The summed E-state index contributed by atoms with van der Waals surface area (Å²) in [5.41, 5.74) is 3.67. The van der Waals surface area contributed by atoms with Gasteiger partial charge in [0.15, 0.2) is 0 Å². The lowest BCUT2D eigenvalue weighted by Gasteiger charge is -2.37. The van der Waals surface area contributed by atoms with Crippen LogP contribution in [0, 0.1) is 5.41 Å². The topological polar surface area (TPSA) is 95.9 Å².